The zero-order chi connectivity index (χ0) is 9.54. The van der Waals surface area contributed by atoms with E-state index in [1.807, 2.05) is 0 Å². The van der Waals surface area contributed by atoms with Gasteiger partial charge < -0.3 is 14.8 Å². The summed E-state index contributed by atoms with van der Waals surface area (Å²) >= 11 is 0. The highest BCUT2D eigenvalue weighted by atomic mass is 35.5. The molecule has 15 heavy (non-hydrogen) atoms. The van der Waals surface area contributed by atoms with Crippen molar-refractivity contribution in [3.63, 3.8) is 0 Å². The maximum absolute atomic E-state index is 5.36. The molecule has 0 radical (unpaired) electrons. The Kier molecular flexibility index (Phi) is 2.76. The first-order chi connectivity index (χ1) is 6.84. The first-order valence-electron chi connectivity index (χ1n) is 5.00. The molecule has 1 atom stereocenters. The molecule has 0 fully saturated rings. The number of hydrogen-bond donors (Lipinski definition) is 1. The summed E-state index contributed by atoms with van der Waals surface area (Å²) in [5.74, 6) is 1.79. The number of nitrogens with one attached hydrogen (secondary N) is 1. The van der Waals surface area contributed by atoms with Crippen LogP contribution in [0.1, 0.15) is 24.1 Å². The average Bonchev–Trinajstić information content (AvgIpc) is 2.62. The van der Waals surface area contributed by atoms with Gasteiger partial charge in [0.15, 0.2) is 11.5 Å². The molecular weight excluding hydrogens is 214 g/mol. The first kappa shape index (κ1) is 10.6. The summed E-state index contributed by atoms with van der Waals surface area (Å²) in [6, 6.07) is 4.65. The van der Waals surface area contributed by atoms with Crippen LogP contribution in [0, 0.1) is 0 Å². The van der Waals surface area contributed by atoms with Crippen LogP contribution in [0.4, 0.5) is 0 Å². The highest BCUT2D eigenvalue weighted by molar-refractivity contribution is 5.85. The summed E-state index contributed by atoms with van der Waals surface area (Å²) in [7, 11) is 0. The Hall–Kier alpha value is -0.930. The quantitative estimate of drug-likeness (QED) is 0.736. The third-order valence-electron chi connectivity index (χ3n) is 2.95. The summed E-state index contributed by atoms with van der Waals surface area (Å²) in [6.45, 7) is 3.59. The number of fused-ring (bicyclic) bond motifs is 2. The first-order valence-corrected chi connectivity index (χ1v) is 5.00. The maximum Gasteiger partial charge on any atom is 0.231 e. The normalized spacial score (nSPS) is 21.8. The van der Waals surface area contributed by atoms with Crippen molar-refractivity contribution in [1.82, 2.24) is 5.32 Å². The topological polar surface area (TPSA) is 30.5 Å². The minimum atomic E-state index is 0. The van der Waals surface area contributed by atoms with Crippen LogP contribution in [0.5, 0.6) is 11.5 Å². The fraction of sp³-hybridized carbons (Fsp3) is 0.455. The van der Waals surface area contributed by atoms with Gasteiger partial charge in [0.1, 0.15) is 0 Å². The smallest absolute Gasteiger partial charge is 0.231 e. The Morgan fingerprint density at radius 3 is 2.80 bits per heavy atom. The SMILES string of the molecule is CC1NCCc2cc3c(cc21)OCO3.Cl. The summed E-state index contributed by atoms with van der Waals surface area (Å²) in [5.41, 5.74) is 2.74. The minimum absolute atomic E-state index is 0. The molecule has 2 heterocycles. The summed E-state index contributed by atoms with van der Waals surface area (Å²) in [6.07, 6.45) is 1.08. The van der Waals surface area contributed by atoms with Crippen molar-refractivity contribution < 1.29 is 9.47 Å². The van der Waals surface area contributed by atoms with E-state index in [0.717, 1.165) is 24.5 Å². The zero-order valence-electron chi connectivity index (χ0n) is 8.58. The summed E-state index contributed by atoms with van der Waals surface area (Å²) < 4.78 is 10.7. The van der Waals surface area contributed by atoms with Gasteiger partial charge >= 0.3 is 0 Å². The van der Waals surface area contributed by atoms with Crippen LogP contribution in [0.15, 0.2) is 12.1 Å². The standard InChI is InChI=1S/C11H13NO2.ClH/c1-7-9-5-11-10(13-6-14-11)4-8(9)2-3-12-7;/h4-5,7,12H,2-3,6H2,1H3;1H. The molecule has 2 aliphatic heterocycles. The third kappa shape index (κ3) is 1.66. The predicted molar refractivity (Wildman–Crippen MR) is 59.9 cm³/mol. The van der Waals surface area contributed by atoms with Gasteiger partial charge in [-0.3, -0.25) is 0 Å². The van der Waals surface area contributed by atoms with Gasteiger partial charge in [0.25, 0.3) is 0 Å². The lowest BCUT2D eigenvalue weighted by molar-refractivity contribution is 0.174. The highest BCUT2D eigenvalue weighted by Crippen LogP contribution is 2.37. The average molecular weight is 228 g/mol. The molecule has 1 aromatic rings. The zero-order valence-corrected chi connectivity index (χ0v) is 9.39. The Morgan fingerprint density at radius 1 is 1.27 bits per heavy atom. The lowest BCUT2D eigenvalue weighted by atomic mass is 9.95. The molecule has 0 aromatic heterocycles. The van der Waals surface area contributed by atoms with Crippen LogP contribution in [0.25, 0.3) is 0 Å². The van der Waals surface area contributed by atoms with Gasteiger partial charge in [-0.05, 0) is 43.1 Å². The molecule has 0 spiro atoms. The fourth-order valence-corrected chi connectivity index (χ4v) is 2.15. The van der Waals surface area contributed by atoms with Crippen molar-refractivity contribution in [2.75, 3.05) is 13.3 Å². The van der Waals surface area contributed by atoms with E-state index in [1.165, 1.54) is 11.1 Å². The van der Waals surface area contributed by atoms with E-state index in [1.54, 1.807) is 0 Å². The molecule has 2 aliphatic rings. The van der Waals surface area contributed by atoms with E-state index >= 15 is 0 Å². The minimum Gasteiger partial charge on any atom is -0.454 e. The Labute approximate surface area is 95.2 Å². The molecule has 3 rings (SSSR count). The second-order valence-corrected chi connectivity index (χ2v) is 3.83. The van der Waals surface area contributed by atoms with Gasteiger partial charge in [-0.1, -0.05) is 0 Å². The van der Waals surface area contributed by atoms with Crippen LogP contribution in [-0.4, -0.2) is 13.3 Å². The molecule has 82 valence electrons. The molecule has 0 bridgehead atoms. The molecule has 4 heteroatoms. The number of halogens is 1. The van der Waals surface area contributed by atoms with Crippen LogP contribution >= 0.6 is 12.4 Å². The van der Waals surface area contributed by atoms with Gasteiger partial charge in [0.2, 0.25) is 6.79 Å². The van der Waals surface area contributed by atoms with E-state index in [9.17, 15) is 0 Å². The molecule has 0 amide bonds. The second kappa shape index (κ2) is 3.91. The Morgan fingerprint density at radius 2 is 2.00 bits per heavy atom. The fourth-order valence-electron chi connectivity index (χ4n) is 2.15. The number of hydrogen-bond acceptors (Lipinski definition) is 3. The molecule has 0 saturated carbocycles. The van der Waals surface area contributed by atoms with E-state index in [4.69, 9.17) is 9.47 Å². The van der Waals surface area contributed by atoms with Gasteiger partial charge in [-0.25, -0.2) is 0 Å². The largest absolute Gasteiger partial charge is 0.454 e. The van der Waals surface area contributed by atoms with Crippen molar-refractivity contribution in [3.05, 3.63) is 23.3 Å². The van der Waals surface area contributed by atoms with Gasteiger partial charge in [0.05, 0.1) is 0 Å². The van der Waals surface area contributed by atoms with Crippen molar-refractivity contribution in [1.29, 1.82) is 0 Å². The lowest BCUT2D eigenvalue weighted by Gasteiger charge is -2.23. The van der Waals surface area contributed by atoms with Crippen molar-refractivity contribution in [3.8, 4) is 11.5 Å². The number of rotatable bonds is 0. The molecule has 1 N–H and O–H groups in total. The molecule has 1 unspecified atom stereocenters. The van der Waals surface area contributed by atoms with Crippen molar-refractivity contribution in [2.24, 2.45) is 0 Å². The molecular formula is C11H14ClNO2. The van der Waals surface area contributed by atoms with Crippen LogP contribution in [-0.2, 0) is 6.42 Å². The van der Waals surface area contributed by atoms with Gasteiger partial charge in [-0.15, -0.1) is 12.4 Å². The van der Waals surface area contributed by atoms with Crippen LogP contribution in [0.2, 0.25) is 0 Å². The highest BCUT2D eigenvalue weighted by Gasteiger charge is 2.22. The number of ether oxygens (including phenoxy) is 2. The second-order valence-electron chi connectivity index (χ2n) is 3.83. The predicted octanol–water partition coefficient (Wildman–Crippen LogP) is 2.04. The number of benzene rings is 1. The maximum atomic E-state index is 5.36. The van der Waals surface area contributed by atoms with Gasteiger partial charge in [-0.2, -0.15) is 0 Å². The monoisotopic (exact) mass is 227 g/mol. The van der Waals surface area contributed by atoms with E-state index in [2.05, 4.69) is 24.4 Å². The lowest BCUT2D eigenvalue weighted by Crippen LogP contribution is -2.27. The third-order valence-corrected chi connectivity index (χ3v) is 2.95. The van der Waals surface area contributed by atoms with Crippen molar-refractivity contribution in [2.45, 2.75) is 19.4 Å². The van der Waals surface area contributed by atoms with E-state index in [0.29, 0.717) is 12.8 Å². The van der Waals surface area contributed by atoms with Crippen molar-refractivity contribution >= 4 is 12.4 Å². The molecule has 3 nitrogen and oxygen atoms in total. The van der Waals surface area contributed by atoms with Gasteiger partial charge in [0, 0.05) is 6.04 Å². The summed E-state index contributed by atoms with van der Waals surface area (Å²) in [4.78, 5) is 0. The molecule has 0 aliphatic carbocycles. The Bertz CT molecular complexity index is 381. The Balaban J connectivity index is 0.000000853. The van der Waals surface area contributed by atoms with Crippen LogP contribution < -0.4 is 14.8 Å². The summed E-state index contributed by atoms with van der Waals surface area (Å²) in [5, 5.41) is 3.43. The molecule has 0 saturated heterocycles. The van der Waals surface area contributed by atoms with E-state index in [-0.39, 0.29) is 12.4 Å². The van der Waals surface area contributed by atoms with Crippen LogP contribution in [0.3, 0.4) is 0 Å². The molecule has 1 aromatic carbocycles. The van der Waals surface area contributed by atoms with E-state index < -0.39 is 0 Å².